The topological polar surface area (TPSA) is 75.0 Å². The molecule has 0 spiro atoms. The summed E-state index contributed by atoms with van der Waals surface area (Å²) in [6.07, 6.45) is 3.09. The lowest BCUT2D eigenvalue weighted by Gasteiger charge is -2.13. The second kappa shape index (κ2) is 7.01. The number of anilines is 2. The van der Waals surface area contributed by atoms with Crippen LogP contribution in [0, 0.1) is 11.6 Å². The average molecular weight is 392 g/mol. The van der Waals surface area contributed by atoms with Gasteiger partial charge in [0, 0.05) is 48.7 Å². The Labute approximate surface area is 165 Å². The van der Waals surface area contributed by atoms with Crippen LogP contribution in [0.2, 0.25) is 0 Å². The summed E-state index contributed by atoms with van der Waals surface area (Å²) in [5.74, 6) is -2.81. The van der Waals surface area contributed by atoms with E-state index in [4.69, 9.17) is 5.73 Å². The van der Waals surface area contributed by atoms with Gasteiger partial charge in [-0.2, -0.15) is 0 Å². The Kier molecular flexibility index (Phi) is 4.50. The van der Waals surface area contributed by atoms with Crippen LogP contribution in [-0.4, -0.2) is 29.8 Å². The molecule has 29 heavy (non-hydrogen) atoms. The first kappa shape index (κ1) is 18.6. The van der Waals surface area contributed by atoms with Gasteiger partial charge >= 0.3 is 0 Å². The van der Waals surface area contributed by atoms with Crippen molar-refractivity contribution in [2.24, 2.45) is 0 Å². The van der Waals surface area contributed by atoms with E-state index in [-0.39, 0.29) is 11.3 Å². The van der Waals surface area contributed by atoms with Gasteiger partial charge in [0.2, 0.25) is 5.78 Å². The zero-order valence-electron chi connectivity index (χ0n) is 15.8. The lowest BCUT2D eigenvalue weighted by Crippen LogP contribution is -2.09. The second-order valence-corrected chi connectivity index (χ2v) is 6.92. The lowest BCUT2D eigenvalue weighted by molar-refractivity contribution is 0.103. The van der Waals surface area contributed by atoms with E-state index in [1.54, 1.807) is 12.3 Å². The summed E-state index contributed by atoms with van der Waals surface area (Å²) in [4.78, 5) is 22.1. The molecule has 0 aliphatic rings. The van der Waals surface area contributed by atoms with Crippen LogP contribution in [0.5, 0.6) is 0 Å². The van der Waals surface area contributed by atoms with E-state index >= 15 is 0 Å². The van der Waals surface area contributed by atoms with Crippen LogP contribution in [0.4, 0.5) is 20.2 Å². The SMILES string of the molecule is CN(C)c1cccc(-c2cnc3[nH]cc(C(=O)c4c(F)ccc(N)c4F)c3c2)c1. The summed E-state index contributed by atoms with van der Waals surface area (Å²) < 4.78 is 28.5. The normalized spacial score (nSPS) is 11.0. The average Bonchev–Trinajstić information content (AvgIpc) is 3.14. The molecule has 146 valence electrons. The molecule has 2 heterocycles. The number of carbonyl (C=O) groups excluding carboxylic acids is 1. The smallest absolute Gasteiger partial charge is 0.201 e. The Morgan fingerprint density at radius 3 is 2.66 bits per heavy atom. The summed E-state index contributed by atoms with van der Waals surface area (Å²) in [5.41, 5.74) is 7.83. The van der Waals surface area contributed by atoms with Crippen LogP contribution in [0.3, 0.4) is 0 Å². The summed E-state index contributed by atoms with van der Waals surface area (Å²) in [7, 11) is 3.89. The van der Waals surface area contributed by atoms with E-state index in [0.717, 1.165) is 28.9 Å². The van der Waals surface area contributed by atoms with Gasteiger partial charge in [-0.3, -0.25) is 4.79 Å². The van der Waals surface area contributed by atoms with Crippen molar-refractivity contribution in [3.05, 3.63) is 77.6 Å². The van der Waals surface area contributed by atoms with Gasteiger partial charge in [0.25, 0.3) is 0 Å². The van der Waals surface area contributed by atoms with E-state index in [0.29, 0.717) is 11.0 Å². The van der Waals surface area contributed by atoms with Gasteiger partial charge in [-0.05, 0) is 35.9 Å². The first-order valence-electron chi connectivity index (χ1n) is 8.90. The van der Waals surface area contributed by atoms with E-state index in [2.05, 4.69) is 9.97 Å². The van der Waals surface area contributed by atoms with E-state index in [9.17, 15) is 13.6 Å². The van der Waals surface area contributed by atoms with Crippen LogP contribution in [0.15, 0.2) is 54.9 Å². The zero-order valence-corrected chi connectivity index (χ0v) is 15.8. The highest BCUT2D eigenvalue weighted by atomic mass is 19.1. The first-order chi connectivity index (χ1) is 13.9. The second-order valence-electron chi connectivity index (χ2n) is 6.92. The van der Waals surface area contributed by atoms with Gasteiger partial charge in [-0.25, -0.2) is 13.8 Å². The molecule has 3 N–H and O–H groups in total. The molecule has 2 aromatic carbocycles. The fourth-order valence-electron chi connectivity index (χ4n) is 3.22. The Hall–Kier alpha value is -3.74. The number of aromatic nitrogens is 2. The number of fused-ring (bicyclic) bond motifs is 1. The number of rotatable bonds is 4. The number of hydrogen-bond acceptors (Lipinski definition) is 4. The van der Waals surface area contributed by atoms with Gasteiger partial charge < -0.3 is 15.6 Å². The number of nitrogens with one attached hydrogen (secondary N) is 1. The van der Waals surface area contributed by atoms with Gasteiger partial charge in [0.15, 0.2) is 5.82 Å². The molecule has 0 amide bonds. The van der Waals surface area contributed by atoms with Crippen molar-refractivity contribution in [3.8, 4) is 11.1 Å². The highest BCUT2D eigenvalue weighted by molar-refractivity contribution is 6.16. The minimum Gasteiger partial charge on any atom is -0.396 e. The fraction of sp³-hybridized carbons (Fsp3) is 0.0909. The third-order valence-electron chi connectivity index (χ3n) is 4.82. The molecule has 5 nitrogen and oxygen atoms in total. The van der Waals surface area contributed by atoms with Gasteiger partial charge in [0.1, 0.15) is 11.5 Å². The first-order valence-corrected chi connectivity index (χ1v) is 8.90. The standard InChI is InChI=1S/C22H18F2N4O/c1-28(2)14-5-3-4-12(8-14)13-9-15-16(11-27-22(15)26-10-13)21(29)19-17(23)6-7-18(25)20(19)24/h3-11H,25H2,1-2H3,(H,26,27). The predicted octanol–water partition coefficient (Wildman–Crippen LogP) is 4.39. The zero-order chi connectivity index (χ0) is 20.7. The number of nitrogens with two attached hydrogens (primary N) is 1. The number of nitrogens with zero attached hydrogens (tertiary/aromatic N) is 2. The molecular formula is C22H18F2N4O. The molecule has 0 atom stereocenters. The summed E-state index contributed by atoms with van der Waals surface area (Å²) >= 11 is 0. The largest absolute Gasteiger partial charge is 0.396 e. The van der Waals surface area contributed by atoms with Crippen LogP contribution in [0.25, 0.3) is 22.2 Å². The predicted molar refractivity (Wildman–Crippen MR) is 110 cm³/mol. The van der Waals surface area contributed by atoms with Crippen LogP contribution in [0.1, 0.15) is 15.9 Å². The molecule has 0 aliphatic heterocycles. The molecule has 0 unspecified atom stereocenters. The van der Waals surface area contributed by atoms with Crippen molar-refractivity contribution >= 4 is 28.2 Å². The van der Waals surface area contributed by atoms with Crippen molar-refractivity contribution < 1.29 is 13.6 Å². The number of benzene rings is 2. The number of ketones is 1. The van der Waals surface area contributed by atoms with E-state index in [1.165, 1.54) is 6.20 Å². The maximum absolute atomic E-state index is 14.4. The van der Waals surface area contributed by atoms with Crippen molar-refractivity contribution in [1.82, 2.24) is 9.97 Å². The summed E-state index contributed by atoms with van der Waals surface area (Å²) in [6.45, 7) is 0. The van der Waals surface area contributed by atoms with Crippen molar-refractivity contribution in [2.45, 2.75) is 0 Å². The minimum atomic E-state index is -1.06. The number of pyridine rings is 1. The molecule has 4 rings (SSSR count). The number of hydrogen-bond donors (Lipinski definition) is 2. The molecular weight excluding hydrogens is 374 g/mol. The summed E-state index contributed by atoms with van der Waals surface area (Å²) in [5, 5.41) is 0.476. The molecule has 0 fully saturated rings. The van der Waals surface area contributed by atoms with E-state index in [1.807, 2.05) is 43.3 Å². The molecule has 0 radical (unpaired) electrons. The van der Waals surface area contributed by atoms with Gasteiger partial charge in [0.05, 0.1) is 11.3 Å². The Bertz CT molecular complexity index is 1250. The molecule has 7 heteroatoms. The molecule has 2 aromatic heterocycles. The van der Waals surface area contributed by atoms with Crippen molar-refractivity contribution in [1.29, 1.82) is 0 Å². The number of halogens is 2. The van der Waals surface area contributed by atoms with Crippen molar-refractivity contribution in [2.75, 3.05) is 24.7 Å². The molecule has 0 saturated heterocycles. The molecule has 0 saturated carbocycles. The van der Waals surface area contributed by atoms with Crippen LogP contribution >= 0.6 is 0 Å². The number of H-pyrrole nitrogens is 1. The number of carbonyl (C=O) groups is 1. The Morgan fingerprint density at radius 2 is 1.90 bits per heavy atom. The summed E-state index contributed by atoms with van der Waals surface area (Å²) in [6, 6.07) is 11.7. The maximum atomic E-state index is 14.4. The number of nitrogen functional groups attached to an aromatic ring is 1. The third-order valence-corrected chi connectivity index (χ3v) is 4.82. The Morgan fingerprint density at radius 1 is 1.10 bits per heavy atom. The minimum absolute atomic E-state index is 0.126. The fourth-order valence-corrected chi connectivity index (χ4v) is 3.22. The lowest BCUT2D eigenvalue weighted by atomic mass is 9.99. The van der Waals surface area contributed by atoms with Gasteiger partial charge in [-0.15, -0.1) is 0 Å². The monoisotopic (exact) mass is 392 g/mol. The number of aromatic amines is 1. The maximum Gasteiger partial charge on any atom is 0.201 e. The van der Waals surface area contributed by atoms with E-state index < -0.39 is 23.0 Å². The Balaban J connectivity index is 1.84. The highest BCUT2D eigenvalue weighted by Crippen LogP contribution is 2.29. The van der Waals surface area contributed by atoms with Crippen LogP contribution < -0.4 is 10.6 Å². The van der Waals surface area contributed by atoms with Gasteiger partial charge in [-0.1, -0.05) is 12.1 Å². The van der Waals surface area contributed by atoms with Crippen molar-refractivity contribution in [3.63, 3.8) is 0 Å². The van der Waals surface area contributed by atoms with Crippen LogP contribution in [-0.2, 0) is 0 Å². The molecule has 0 bridgehead atoms. The quantitative estimate of drug-likeness (QED) is 0.399. The third kappa shape index (κ3) is 3.20. The molecule has 0 aliphatic carbocycles. The highest BCUT2D eigenvalue weighted by Gasteiger charge is 2.24. The molecule has 4 aromatic rings.